The first-order valence-corrected chi connectivity index (χ1v) is 16.0. The van der Waals surface area contributed by atoms with Gasteiger partial charge < -0.3 is 20.7 Å². The number of urea groups is 1. The lowest BCUT2D eigenvalue weighted by molar-refractivity contribution is 0.171. The predicted octanol–water partition coefficient (Wildman–Crippen LogP) is 5.98. The number of amides is 2. The molecule has 5 rings (SSSR count). The van der Waals surface area contributed by atoms with Crippen LogP contribution in [0.2, 0.25) is 0 Å². The van der Waals surface area contributed by atoms with E-state index in [1.54, 1.807) is 53.2 Å². The van der Waals surface area contributed by atoms with Crippen molar-refractivity contribution in [2.24, 2.45) is 16.1 Å². The van der Waals surface area contributed by atoms with Crippen LogP contribution in [0.4, 0.5) is 10.5 Å². The number of likely N-dealkylation sites (tertiary alicyclic amines) is 1. The molecule has 3 aromatic rings. The van der Waals surface area contributed by atoms with Crippen LogP contribution in [0.5, 0.6) is 5.75 Å². The number of aliphatic imine (C=N–C) groups is 1. The number of nitrogens with one attached hydrogen (secondary N) is 4. The fraction of sp³-hybridized carbons (Fsp3) is 0.361. The van der Waals surface area contributed by atoms with Crippen LogP contribution in [0.15, 0.2) is 83.6 Å². The number of aromatic nitrogens is 1. The number of allylic oxidation sites excluding steroid dienone is 1. The maximum atomic E-state index is 13.4. The first kappa shape index (κ1) is 33.0. The second kappa shape index (κ2) is 14.4. The van der Waals surface area contributed by atoms with Crippen LogP contribution in [-0.4, -0.2) is 40.4 Å². The highest BCUT2D eigenvalue weighted by molar-refractivity contribution is 6.05. The Morgan fingerprint density at radius 2 is 1.74 bits per heavy atom. The van der Waals surface area contributed by atoms with Gasteiger partial charge in [-0.3, -0.25) is 20.7 Å². The standard InChI is InChI=1S/C36H43N9O2/c1-36(2,3)31(38)21-33(41-25-13-11-24(22-37)12-14-25)43-35(46)42-29-16-17-30(28-10-6-5-9-27(28)29)47-26-15-18-32(39)45(23-26)34(40)44-19-7-4-8-20-44/h5-6,9-15,18,21,23,29-30,39-40H,4,7-8,16-17,19-20,38H2,1-3H3,(H2,41,42,43,46)/t29-,30+/m0/s1. The summed E-state index contributed by atoms with van der Waals surface area (Å²) >= 11 is 0. The number of carbonyl (C=O) groups is 1. The number of hydrogen-bond acceptors (Lipinski definition) is 7. The summed E-state index contributed by atoms with van der Waals surface area (Å²) in [5.41, 5.74) is 9.82. The fourth-order valence-electron chi connectivity index (χ4n) is 5.69. The van der Waals surface area contributed by atoms with Gasteiger partial charge in [0, 0.05) is 30.3 Å². The molecule has 0 saturated carbocycles. The molecule has 0 radical (unpaired) electrons. The maximum absolute atomic E-state index is 13.4. The number of nitrogens with two attached hydrogens (primary N) is 1. The largest absolute Gasteiger partial charge is 0.484 e. The third kappa shape index (κ3) is 8.27. The Morgan fingerprint density at radius 3 is 2.43 bits per heavy atom. The number of ether oxygens (including phenoxy) is 1. The lowest BCUT2D eigenvalue weighted by atomic mass is 9.85. The summed E-state index contributed by atoms with van der Waals surface area (Å²) in [6.45, 7) is 7.58. The zero-order valence-electron chi connectivity index (χ0n) is 27.2. The third-order valence-electron chi connectivity index (χ3n) is 8.47. The molecular weight excluding hydrogens is 590 g/mol. The molecule has 1 fully saturated rings. The first-order valence-electron chi connectivity index (χ1n) is 16.0. The van der Waals surface area contributed by atoms with Gasteiger partial charge in [-0.2, -0.15) is 5.26 Å². The van der Waals surface area contributed by atoms with E-state index in [-0.39, 0.29) is 28.9 Å². The molecule has 2 aromatic carbocycles. The molecule has 2 heterocycles. The number of benzene rings is 2. The highest BCUT2D eigenvalue weighted by atomic mass is 16.5. The molecule has 244 valence electrons. The smallest absolute Gasteiger partial charge is 0.320 e. The molecule has 0 unspecified atom stereocenters. The molecule has 1 saturated heterocycles. The molecule has 47 heavy (non-hydrogen) atoms. The Morgan fingerprint density at radius 1 is 1.04 bits per heavy atom. The Kier molecular flexibility index (Phi) is 10.1. The van der Waals surface area contributed by atoms with Crippen molar-refractivity contribution in [3.05, 3.63) is 101 Å². The van der Waals surface area contributed by atoms with E-state index in [1.807, 2.05) is 49.9 Å². The Bertz CT molecular complexity index is 1770. The second-order valence-electron chi connectivity index (χ2n) is 13.0. The van der Waals surface area contributed by atoms with Gasteiger partial charge >= 0.3 is 6.03 Å². The van der Waals surface area contributed by atoms with Crippen LogP contribution < -0.4 is 26.6 Å². The summed E-state index contributed by atoms with van der Waals surface area (Å²) in [5, 5.41) is 32.3. The summed E-state index contributed by atoms with van der Waals surface area (Å²) in [5.74, 6) is 1.16. The molecule has 2 amide bonds. The summed E-state index contributed by atoms with van der Waals surface area (Å²) in [6.07, 6.45) is 7.68. The summed E-state index contributed by atoms with van der Waals surface area (Å²) in [7, 11) is 0. The molecule has 2 aliphatic rings. The highest BCUT2D eigenvalue weighted by Gasteiger charge is 2.30. The molecule has 6 N–H and O–H groups in total. The topological polar surface area (TPSA) is 168 Å². The zero-order chi connectivity index (χ0) is 33.6. The van der Waals surface area contributed by atoms with Crippen molar-refractivity contribution < 1.29 is 9.53 Å². The minimum atomic E-state index is -0.419. The van der Waals surface area contributed by atoms with Crippen molar-refractivity contribution in [2.75, 3.05) is 13.1 Å². The molecule has 2 atom stereocenters. The summed E-state index contributed by atoms with van der Waals surface area (Å²) in [4.78, 5) is 20.0. The van der Waals surface area contributed by atoms with Gasteiger partial charge in [-0.05, 0) is 79.6 Å². The number of carbonyl (C=O) groups excluding carboxylic acids is 1. The highest BCUT2D eigenvalue weighted by Crippen LogP contribution is 2.38. The quantitative estimate of drug-likeness (QED) is 0.172. The van der Waals surface area contributed by atoms with Crippen LogP contribution in [0.1, 0.15) is 81.7 Å². The van der Waals surface area contributed by atoms with Gasteiger partial charge in [0.1, 0.15) is 23.2 Å². The van der Waals surface area contributed by atoms with Gasteiger partial charge in [-0.1, -0.05) is 45.0 Å². The molecule has 1 aliphatic carbocycles. The Balaban J connectivity index is 1.32. The average molecular weight is 634 g/mol. The lowest BCUT2D eigenvalue weighted by Gasteiger charge is -2.33. The summed E-state index contributed by atoms with van der Waals surface area (Å²) < 4.78 is 8.05. The van der Waals surface area contributed by atoms with Gasteiger partial charge in [-0.25, -0.2) is 9.79 Å². The SMILES string of the molecule is CC(C)(C)C(N)=CC(=Nc1ccc(C#N)cc1)NC(=O)N[C@H]1CC[C@@H](Oc2ccc(=N)n(C(=N)N3CCCCC3)c2)c2ccccc21. The molecule has 1 aliphatic heterocycles. The monoisotopic (exact) mass is 633 g/mol. The van der Waals surface area contributed by atoms with Gasteiger partial charge in [0.2, 0.25) is 5.96 Å². The minimum Gasteiger partial charge on any atom is -0.484 e. The third-order valence-corrected chi connectivity index (χ3v) is 8.47. The maximum Gasteiger partial charge on any atom is 0.320 e. The number of pyridine rings is 1. The van der Waals surface area contributed by atoms with Gasteiger partial charge in [0.05, 0.1) is 29.6 Å². The fourth-order valence-corrected chi connectivity index (χ4v) is 5.69. The first-order chi connectivity index (χ1) is 22.5. The molecule has 1 aromatic heterocycles. The van der Waals surface area contributed by atoms with Crippen molar-refractivity contribution in [1.29, 1.82) is 16.1 Å². The number of nitrogens with zero attached hydrogens (tertiary/aromatic N) is 4. The average Bonchev–Trinajstić information content (AvgIpc) is 3.06. The summed E-state index contributed by atoms with van der Waals surface area (Å²) in [6, 6.07) is 19.5. The van der Waals surface area contributed by atoms with Crippen molar-refractivity contribution in [2.45, 2.75) is 65.0 Å². The van der Waals surface area contributed by atoms with Crippen LogP contribution in [0.25, 0.3) is 0 Å². The van der Waals surface area contributed by atoms with E-state index < -0.39 is 6.03 Å². The molecule has 0 bridgehead atoms. The van der Waals surface area contributed by atoms with E-state index in [2.05, 4.69) is 21.7 Å². The van der Waals surface area contributed by atoms with E-state index in [4.69, 9.17) is 26.6 Å². The Labute approximate surface area is 275 Å². The van der Waals surface area contributed by atoms with Crippen molar-refractivity contribution in [3.8, 4) is 11.8 Å². The zero-order valence-corrected chi connectivity index (χ0v) is 27.2. The number of piperidine rings is 1. The van der Waals surface area contributed by atoms with Crippen molar-refractivity contribution in [3.63, 3.8) is 0 Å². The van der Waals surface area contributed by atoms with Crippen molar-refractivity contribution in [1.82, 2.24) is 20.1 Å². The van der Waals surface area contributed by atoms with Gasteiger partial charge in [0.25, 0.3) is 0 Å². The van der Waals surface area contributed by atoms with E-state index in [0.717, 1.165) is 37.1 Å². The van der Waals surface area contributed by atoms with Crippen LogP contribution in [0.3, 0.4) is 0 Å². The number of amidine groups is 1. The molecule has 11 nitrogen and oxygen atoms in total. The van der Waals surface area contributed by atoms with E-state index in [1.165, 1.54) is 6.42 Å². The molecule has 0 spiro atoms. The van der Waals surface area contributed by atoms with E-state index in [9.17, 15) is 4.79 Å². The minimum absolute atomic E-state index is 0.230. The van der Waals surface area contributed by atoms with Gasteiger partial charge in [0.15, 0.2) is 0 Å². The number of nitriles is 1. The number of fused-ring (bicyclic) bond motifs is 1. The lowest BCUT2D eigenvalue weighted by Crippen LogP contribution is -2.43. The van der Waals surface area contributed by atoms with Crippen LogP contribution in [0, 0.1) is 27.6 Å². The van der Waals surface area contributed by atoms with Gasteiger partial charge in [-0.15, -0.1) is 0 Å². The second-order valence-corrected chi connectivity index (χ2v) is 13.0. The predicted molar refractivity (Wildman–Crippen MR) is 182 cm³/mol. The number of rotatable bonds is 5. The molecular formula is C36H43N9O2. The van der Waals surface area contributed by atoms with E-state index >= 15 is 0 Å². The van der Waals surface area contributed by atoms with E-state index in [0.29, 0.717) is 41.5 Å². The van der Waals surface area contributed by atoms with Crippen LogP contribution >= 0.6 is 0 Å². The van der Waals surface area contributed by atoms with Crippen LogP contribution in [-0.2, 0) is 0 Å². The Hall–Kier alpha value is -5.37. The van der Waals surface area contributed by atoms with Crippen molar-refractivity contribution >= 4 is 23.5 Å². The molecule has 11 heteroatoms. The number of hydrogen-bond donors (Lipinski definition) is 5. The normalized spacial score (nSPS) is 18.5.